The number of carbonyl (C=O) groups excluding carboxylic acids is 2. The number of esters is 2. The van der Waals surface area contributed by atoms with Gasteiger partial charge in [-0.25, -0.2) is 4.79 Å². The van der Waals surface area contributed by atoms with E-state index in [4.69, 9.17) is 14.2 Å². The third-order valence-electron chi connectivity index (χ3n) is 9.53. The van der Waals surface area contributed by atoms with E-state index in [0.29, 0.717) is 37.0 Å². The summed E-state index contributed by atoms with van der Waals surface area (Å²) in [7, 11) is 0. The molecule has 0 aromatic carbocycles. The molecule has 2 N–H and O–H groups in total. The highest BCUT2D eigenvalue weighted by molar-refractivity contribution is 5.95. The Morgan fingerprint density at radius 3 is 2.22 bits per heavy atom. The first kappa shape index (κ1) is 35.4. The van der Waals surface area contributed by atoms with Crippen molar-refractivity contribution in [3.05, 3.63) is 101 Å². The molecular formula is C39H50O7. The lowest BCUT2D eigenvalue weighted by Crippen LogP contribution is -2.46. The quantitative estimate of drug-likeness (QED) is 0.126. The van der Waals surface area contributed by atoms with E-state index in [9.17, 15) is 19.8 Å². The van der Waals surface area contributed by atoms with Crippen molar-refractivity contribution in [3.63, 3.8) is 0 Å². The van der Waals surface area contributed by atoms with Gasteiger partial charge in [0, 0.05) is 30.8 Å². The zero-order chi connectivity index (χ0) is 34.1. The highest BCUT2D eigenvalue weighted by atomic mass is 16.6. The van der Waals surface area contributed by atoms with Crippen LogP contribution in [0, 0.1) is 10.8 Å². The largest absolute Gasteiger partial charge is 0.462 e. The number of hydrogen-bond acceptors (Lipinski definition) is 7. The molecule has 3 fully saturated rings. The number of cyclic esters (lactones) is 1. The van der Waals surface area contributed by atoms with Crippen molar-refractivity contribution < 1.29 is 34.0 Å². The normalized spacial score (nSPS) is 34.9. The maximum atomic E-state index is 12.5. The third kappa shape index (κ3) is 7.72. The summed E-state index contributed by atoms with van der Waals surface area (Å²) in [5.74, 6) is -0.242. The van der Waals surface area contributed by atoms with Crippen LogP contribution in [0.3, 0.4) is 0 Å². The van der Waals surface area contributed by atoms with Gasteiger partial charge in [-0.3, -0.25) is 4.79 Å². The second-order valence-corrected chi connectivity index (χ2v) is 14.9. The van der Waals surface area contributed by atoms with Crippen molar-refractivity contribution >= 4 is 11.9 Å². The maximum absolute atomic E-state index is 12.5. The van der Waals surface area contributed by atoms with Gasteiger partial charge in [-0.05, 0) is 87.5 Å². The van der Waals surface area contributed by atoms with E-state index >= 15 is 0 Å². The molecule has 2 aliphatic carbocycles. The lowest BCUT2D eigenvalue weighted by Gasteiger charge is -2.44. The molecular weight excluding hydrogens is 580 g/mol. The minimum absolute atomic E-state index is 0.256. The first-order chi connectivity index (χ1) is 21.3. The van der Waals surface area contributed by atoms with Crippen molar-refractivity contribution in [2.24, 2.45) is 10.8 Å². The lowest BCUT2D eigenvalue weighted by molar-refractivity contribution is -0.152. The summed E-state index contributed by atoms with van der Waals surface area (Å²) in [6, 6.07) is 0. The molecule has 0 spiro atoms. The molecule has 5 atom stereocenters. The predicted octanol–water partition coefficient (Wildman–Crippen LogP) is 7.21. The number of hydrogen-bond donors (Lipinski definition) is 2. The number of fused-ring (bicyclic) bond motifs is 1. The van der Waals surface area contributed by atoms with Gasteiger partial charge in [0.25, 0.3) is 0 Å². The molecule has 4 rings (SSSR count). The van der Waals surface area contributed by atoms with Gasteiger partial charge < -0.3 is 24.4 Å². The van der Waals surface area contributed by atoms with Crippen molar-refractivity contribution in [3.8, 4) is 0 Å². The molecule has 0 aromatic rings. The molecule has 2 saturated carbocycles. The van der Waals surface area contributed by atoms with Crippen molar-refractivity contribution in [1.29, 1.82) is 0 Å². The van der Waals surface area contributed by atoms with E-state index in [1.54, 1.807) is 19.1 Å². The van der Waals surface area contributed by atoms with Crippen molar-refractivity contribution in [2.45, 2.75) is 117 Å². The van der Waals surface area contributed by atoms with Gasteiger partial charge in [-0.1, -0.05) is 64.2 Å². The van der Waals surface area contributed by atoms with Crippen molar-refractivity contribution in [1.82, 2.24) is 0 Å². The fourth-order valence-corrected chi connectivity index (χ4v) is 7.61. The molecule has 7 nitrogen and oxygen atoms in total. The zero-order valence-electron chi connectivity index (χ0n) is 28.8. The summed E-state index contributed by atoms with van der Waals surface area (Å²) in [6.45, 7) is 17.3. The Kier molecular flexibility index (Phi) is 9.97. The van der Waals surface area contributed by atoms with Crippen LogP contribution in [-0.2, 0) is 23.8 Å². The SMILES string of the molecule is CC(=O)O[C@H]1CC(C)(C)C(=C=C/C(C)=C/C=C/C=C/C=C(C)/C=C2C=C(/C=C/[C@@]34O[C@]3(C)C[C@H](O)CC4(C)C)C(=O)O/2)[C@](C)(O)C1. The maximum Gasteiger partial charge on any atom is 0.343 e. The average molecular weight is 631 g/mol. The molecule has 7 heteroatoms. The van der Waals surface area contributed by atoms with E-state index in [0.717, 1.165) is 16.7 Å². The van der Waals surface area contributed by atoms with Crippen LogP contribution >= 0.6 is 0 Å². The van der Waals surface area contributed by atoms with Crippen LogP contribution in [0.4, 0.5) is 0 Å². The number of allylic oxidation sites excluding steroid dienone is 10. The number of aliphatic hydroxyl groups is 2. The molecule has 2 heterocycles. The van der Waals surface area contributed by atoms with E-state index in [1.165, 1.54) is 6.92 Å². The topological polar surface area (TPSA) is 106 Å². The first-order valence-electron chi connectivity index (χ1n) is 16.1. The Balaban J connectivity index is 1.35. The molecule has 0 amide bonds. The van der Waals surface area contributed by atoms with Gasteiger partial charge in [-0.15, -0.1) is 5.73 Å². The van der Waals surface area contributed by atoms with Crippen LogP contribution in [0.5, 0.6) is 0 Å². The average Bonchev–Trinajstić information content (AvgIpc) is 3.36. The van der Waals surface area contributed by atoms with Crippen molar-refractivity contribution in [2.75, 3.05) is 0 Å². The van der Waals surface area contributed by atoms with Gasteiger partial charge in [-0.2, -0.15) is 0 Å². The van der Waals surface area contributed by atoms with Gasteiger partial charge in [0.1, 0.15) is 23.1 Å². The van der Waals surface area contributed by atoms with Gasteiger partial charge >= 0.3 is 11.9 Å². The smallest absolute Gasteiger partial charge is 0.343 e. The summed E-state index contributed by atoms with van der Waals surface area (Å²) < 4.78 is 17.1. The van der Waals surface area contributed by atoms with Crippen LogP contribution in [0.15, 0.2) is 101 Å². The minimum atomic E-state index is -1.12. The Labute approximate surface area is 274 Å². The third-order valence-corrected chi connectivity index (χ3v) is 9.53. The Hall–Kier alpha value is -3.48. The standard InChI is InChI=1S/C39H50O7/c1-26(16-17-33-35(4,5)24-32(44-28(3)40)25-37(33,8)43)14-12-10-11-13-15-27(2)20-31-21-29(34(42)45-31)18-19-39-36(6,7)22-30(41)23-38(39,9)46-39/h10-16,18-21,30,32,41,43H,22-25H2,1-9H3/b12-10+,13-11+,19-18+,26-14+,27-15+,31-20-/t17?,30-,32+,37-,38-,39+/m1/s1. The molecule has 46 heavy (non-hydrogen) atoms. The second kappa shape index (κ2) is 13.0. The fourth-order valence-electron chi connectivity index (χ4n) is 7.61. The number of ether oxygens (including phenoxy) is 3. The van der Waals surface area contributed by atoms with Crippen LogP contribution < -0.4 is 0 Å². The minimum Gasteiger partial charge on any atom is -0.462 e. The van der Waals surface area contributed by atoms with Crippen LogP contribution in [0.25, 0.3) is 0 Å². The zero-order valence-corrected chi connectivity index (χ0v) is 28.8. The van der Waals surface area contributed by atoms with Gasteiger partial charge in [0.2, 0.25) is 0 Å². The fraction of sp³-hybridized carbons (Fsp3) is 0.513. The summed E-state index contributed by atoms with van der Waals surface area (Å²) in [6.07, 6.45) is 22.3. The summed E-state index contributed by atoms with van der Waals surface area (Å²) in [5.41, 5.74) is 3.82. The molecule has 4 aliphatic rings. The second-order valence-electron chi connectivity index (χ2n) is 14.9. The van der Waals surface area contributed by atoms with E-state index < -0.39 is 22.8 Å². The summed E-state index contributed by atoms with van der Waals surface area (Å²) in [5, 5.41) is 21.4. The lowest BCUT2D eigenvalue weighted by atomic mass is 9.63. The highest BCUT2D eigenvalue weighted by Gasteiger charge is 2.74. The molecule has 0 unspecified atom stereocenters. The predicted molar refractivity (Wildman–Crippen MR) is 179 cm³/mol. The first-order valence-corrected chi connectivity index (χ1v) is 16.1. The van der Waals surface area contributed by atoms with E-state index in [1.807, 2.05) is 89.3 Å². The van der Waals surface area contributed by atoms with Crippen LogP contribution in [0.1, 0.15) is 88.0 Å². The Bertz CT molecular complexity index is 1510. The molecule has 248 valence electrons. The molecule has 0 aromatic heterocycles. The monoisotopic (exact) mass is 630 g/mol. The molecule has 2 aliphatic heterocycles. The summed E-state index contributed by atoms with van der Waals surface area (Å²) in [4.78, 5) is 24.0. The molecule has 0 bridgehead atoms. The Morgan fingerprint density at radius 2 is 1.61 bits per heavy atom. The molecule has 0 radical (unpaired) electrons. The van der Waals surface area contributed by atoms with Crippen LogP contribution in [0.2, 0.25) is 0 Å². The number of carbonyl (C=O) groups is 2. The van der Waals surface area contributed by atoms with Gasteiger partial charge in [0.15, 0.2) is 0 Å². The van der Waals surface area contributed by atoms with E-state index in [2.05, 4.69) is 19.6 Å². The number of epoxide rings is 1. The number of rotatable bonds is 8. The highest BCUT2D eigenvalue weighted by Crippen LogP contribution is 2.66. The molecule has 1 saturated heterocycles. The van der Waals surface area contributed by atoms with E-state index in [-0.39, 0.29) is 29.0 Å². The number of aliphatic hydroxyl groups excluding tert-OH is 1. The Morgan fingerprint density at radius 1 is 0.957 bits per heavy atom. The van der Waals surface area contributed by atoms with Gasteiger partial charge in [0.05, 0.1) is 17.3 Å². The van der Waals surface area contributed by atoms with Crippen LogP contribution in [-0.4, -0.2) is 51.2 Å². The summed E-state index contributed by atoms with van der Waals surface area (Å²) >= 11 is 0.